The van der Waals surface area contributed by atoms with E-state index < -0.39 is 0 Å². The highest BCUT2D eigenvalue weighted by Gasteiger charge is 2.07. The molecular weight excluding hydrogens is 292 g/mol. The predicted molar refractivity (Wildman–Crippen MR) is 91.3 cm³/mol. The summed E-state index contributed by atoms with van der Waals surface area (Å²) in [6, 6.07) is 15.0. The van der Waals surface area contributed by atoms with Crippen molar-refractivity contribution < 1.29 is 14.3 Å². The van der Waals surface area contributed by atoms with Crippen molar-refractivity contribution in [2.24, 2.45) is 0 Å². The Kier molecular flexibility index (Phi) is 6.29. The quantitative estimate of drug-likeness (QED) is 0.768. The molecule has 2 rings (SSSR count). The monoisotopic (exact) mass is 314 g/mol. The molecule has 0 saturated heterocycles. The van der Waals surface area contributed by atoms with Crippen LogP contribution in [-0.4, -0.2) is 26.3 Å². The van der Waals surface area contributed by atoms with Gasteiger partial charge in [-0.05, 0) is 43.2 Å². The van der Waals surface area contributed by atoms with Crippen molar-refractivity contribution in [3.63, 3.8) is 0 Å². The summed E-state index contributed by atoms with van der Waals surface area (Å²) in [7, 11) is 1.58. The van der Waals surface area contributed by atoms with Gasteiger partial charge in [0, 0.05) is 6.54 Å². The molecule has 5 nitrogen and oxygen atoms in total. The molecule has 0 aromatic heterocycles. The average molecular weight is 314 g/mol. The first kappa shape index (κ1) is 16.7. The molecule has 0 aliphatic heterocycles. The van der Waals surface area contributed by atoms with Gasteiger partial charge in [-0.1, -0.05) is 24.3 Å². The molecule has 0 aliphatic carbocycles. The Balaban J connectivity index is 1.70. The maximum absolute atomic E-state index is 11.9. The van der Waals surface area contributed by atoms with Crippen LogP contribution in [0, 0.1) is 6.92 Å². The lowest BCUT2D eigenvalue weighted by atomic mass is 10.2. The standard InChI is InChI=1S/C18H22N2O3/c1-14-9-10-17(22-2)16(13-14)20-18(21)19-11-6-12-23-15-7-4-3-5-8-15/h3-5,7-10,13H,6,11-12H2,1-2H3,(H2,19,20,21). The number of amides is 2. The minimum Gasteiger partial charge on any atom is -0.495 e. The summed E-state index contributed by atoms with van der Waals surface area (Å²) in [5, 5.41) is 5.60. The number of carbonyl (C=O) groups is 1. The van der Waals surface area contributed by atoms with Crippen LogP contribution in [0.5, 0.6) is 11.5 Å². The lowest BCUT2D eigenvalue weighted by molar-refractivity contribution is 0.250. The number of rotatable bonds is 7. The number of methoxy groups -OCH3 is 1. The van der Waals surface area contributed by atoms with E-state index in [4.69, 9.17) is 9.47 Å². The van der Waals surface area contributed by atoms with E-state index in [1.165, 1.54) is 0 Å². The number of aryl methyl sites for hydroxylation is 1. The van der Waals surface area contributed by atoms with Crippen LogP contribution in [0.3, 0.4) is 0 Å². The van der Waals surface area contributed by atoms with Crippen molar-refractivity contribution in [1.82, 2.24) is 5.32 Å². The summed E-state index contributed by atoms with van der Waals surface area (Å²) in [6.45, 7) is 3.05. The fourth-order valence-corrected chi connectivity index (χ4v) is 2.07. The topological polar surface area (TPSA) is 59.6 Å². The van der Waals surface area contributed by atoms with E-state index in [0.717, 1.165) is 17.7 Å². The highest BCUT2D eigenvalue weighted by Crippen LogP contribution is 2.24. The van der Waals surface area contributed by atoms with Crippen molar-refractivity contribution in [3.8, 4) is 11.5 Å². The number of ether oxygens (including phenoxy) is 2. The number of benzene rings is 2. The minimum atomic E-state index is -0.256. The van der Waals surface area contributed by atoms with E-state index in [2.05, 4.69) is 10.6 Å². The van der Waals surface area contributed by atoms with Crippen LogP contribution in [0.2, 0.25) is 0 Å². The maximum Gasteiger partial charge on any atom is 0.319 e. The van der Waals surface area contributed by atoms with Gasteiger partial charge in [0.25, 0.3) is 0 Å². The summed E-state index contributed by atoms with van der Waals surface area (Å²) in [5.74, 6) is 1.47. The molecule has 122 valence electrons. The molecule has 5 heteroatoms. The van der Waals surface area contributed by atoms with Crippen molar-refractivity contribution in [3.05, 3.63) is 54.1 Å². The highest BCUT2D eigenvalue weighted by atomic mass is 16.5. The third kappa shape index (κ3) is 5.54. The molecule has 0 fully saturated rings. The molecule has 2 aromatic carbocycles. The van der Waals surface area contributed by atoms with Gasteiger partial charge >= 0.3 is 6.03 Å². The Bertz CT molecular complexity index is 629. The van der Waals surface area contributed by atoms with E-state index in [9.17, 15) is 4.79 Å². The van der Waals surface area contributed by atoms with E-state index in [1.54, 1.807) is 7.11 Å². The second-order valence-electron chi connectivity index (χ2n) is 5.10. The lowest BCUT2D eigenvalue weighted by Gasteiger charge is -2.12. The van der Waals surface area contributed by atoms with Gasteiger partial charge in [0.2, 0.25) is 0 Å². The molecule has 2 amide bonds. The smallest absolute Gasteiger partial charge is 0.319 e. The van der Waals surface area contributed by atoms with E-state index in [1.807, 2.05) is 55.5 Å². The Labute approximate surface area is 136 Å². The molecular formula is C18H22N2O3. The molecule has 0 aliphatic rings. The second-order valence-corrected chi connectivity index (χ2v) is 5.10. The zero-order valence-corrected chi connectivity index (χ0v) is 13.5. The van der Waals surface area contributed by atoms with Gasteiger partial charge in [0.05, 0.1) is 19.4 Å². The number of carbonyl (C=O) groups excluding carboxylic acids is 1. The first-order valence-corrected chi connectivity index (χ1v) is 7.56. The van der Waals surface area contributed by atoms with Gasteiger partial charge in [-0.2, -0.15) is 0 Å². The van der Waals surface area contributed by atoms with E-state index in [-0.39, 0.29) is 6.03 Å². The molecule has 0 atom stereocenters. The predicted octanol–water partition coefficient (Wildman–Crippen LogP) is 3.59. The Morgan fingerprint density at radius 2 is 1.91 bits per heavy atom. The molecule has 0 radical (unpaired) electrons. The largest absolute Gasteiger partial charge is 0.495 e. The van der Waals surface area contributed by atoms with Crippen LogP contribution in [0.1, 0.15) is 12.0 Å². The van der Waals surface area contributed by atoms with Crippen LogP contribution >= 0.6 is 0 Å². The summed E-state index contributed by atoms with van der Waals surface area (Å²) in [5.41, 5.74) is 1.71. The van der Waals surface area contributed by atoms with E-state index >= 15 is 0 Å². The van der Waals surface area contributed by atoms with Crippen LogP contribution in [0.25, 0.3) is 0 Å². The molecule has 0 bridgehead atoms. The zero-order chi connectivity index (χ0) is 16.5. The highest BCUT2D eigenvalue weighted by molar-refractivity contribution is 5.91. The van der Waals surface area contributed by atoms with Gasteiger partial charge in [-0.25, -0.2) is 4.79 Å². The fourth-order valence-electron chi connectivity index (χ4n) is 2.07. The third-order valence-electron chi connectivity index (χ3n) is 3.22. The van der Waals surface area contributed by atoms with Crippen LogP contribution in [0.15, 0.2) is 48.5 Å². The van der Waals surface area contributed by atoms with E-state index in [0.29, 0.717) is 24.6 Å². The Morgan fingerprint density at radius 3 is 2.65 bits per heavy atom. The third-order valence-corrected chi connectivity index (χ3v) is 3.22. The Morgan fingerprint density at radius 1 is 1.13 bits per heavy atom. The van der Waals surface area contributed by atoms with Crippen molar-refractivity contribution >= 4 is 11.7 Å². The average Bonchev–Trinajstić information content (AvgIpc) is 2.56. The molecule has 0 saturated carbocycles. The number of hydrogen-bond acceptors (Lipinski definition) is 3. The van der Waals surface area contributed by atoms with Gasteiger partial charge in [-0.15, -0.1) is 0 Å². The summed E-state index contributed by atoms with van der Waals surface area (Å²) >= 11 is 0. The normalized spacial score (nSPS) is 10.0. The first-order valence-electron chi connectivity index (χ1n) is 7.56. The number of anilines is 1. The molecule has 23 heavy (non-hydrogen) atoms. The maximum atomic E-state index is 11.9. The van der Waals surface area contributed by atoms with Crippen LogP contribution in [0.4, 0.5) is 10.5 Å². The zero-order valence-electron chi connectivity index (χ0n) is 13.5. The molecule has 0 heterocycles. The van der Waals surface area contributed by atoms with Gasteiger partial charge in [0.15, 0.2) is 0 Å². The second kappa shape index (κ2) is 8.68. The molecule has 0 spiro atoms. The minimum absolute atomic E-state index is 0.256. The SMILES string of the molecule is COc1ccc(C)cc1NC(=O)NCCCOc1ccccc1. The van der Waals surface area contributed by atoms with Crippen molar-refractivity contribution in [2.45, 2.75) is 13.3 Å². The number of para-hydroxylation sites is 1. The summed E-state index contributed by atoms with van der Waals surface area (Å²) in [6.07, 6.45) is 0.729. The summed E-state index contributed by atoms with van der Waals surface area (Å²) < 4.78 is 10.8. The fraction of sp³-hybridized carbons (Fsp3) is 0.278. The lowest BCUT2D eigenvalue weighted by Crippen LogP contribution is -2.30. The molecule has 2 aromatic rings. The van der Waals surface area contributed by atoms with Crippen LogP contribution < -0.4 is 20.1 Å². The van der Waals surface area contributed by atoms with Crippen molar-refractivity contribution in [2.75, 3.05) is 25.6 Å². The Hall–Kier alpha value is -2.69. The number of hydrogen-bond donors (Lipinski definition) is 2. The molecule has 2 N–H and O–H groups in total. The number of urea groups is 1. The number of nitrogens with one attached hydrogen (secondary N) is 2. The first-order chi connectivity index (χ1) is 11.2. The van der Waals surface area contributed by atoms with Gasteiger partial charge in [0.1, 0.15) is 11.5 Å². The van der Waals surface area contributed by atoms with Crippen molar-refractivity contribution in [1.29, 1.82) is 0 Å². The van der Waals surface area contributed by atoms with Gasteiger partial charge in [-0.3, -0.25) is 0 Å². The van der Waals surface area contributed by atoms with Crippen LogP contribution in [-0.2, 0) is 0 Å². The van der Waals surface area contributed by atoms with Gasteiger partial charge < -0.3 is 20.1 Å². The summed E-state index contributed by atoms with van der Waals surface area (Å²) in [4.78, 5) is 11.9. The molecule has 0 unspecified atom stereocenters.